The number of nitrogens with two attached hydrogens (primary N) is 1. The maximum Gasteiger partial charge on any atom is 0.416 e. The summed E-state index contributed by atoms with van der Waals surface area (Å²) in [6, 6.07) is 0.233. The smallest absolute Gasteiger partial charge is 0.416 e. The fraction of sp³-hybridized carbons (Fsp3) is 0.176. The van der Waals surface area contributed by atoms with Crippen LogP contribution in [-0.2, 0) is 0 Å². The number of nitrogen functional groups attached to an aromatic ring is 1. The lowest BCUT2D eigenvalue weighted by molar-refractivity contribution is -0.158. The van der Waals surface area contributed by atoms with Gasteiger partial charge in [0.15, 0.2) is 17.4 Å². The van der Waals surface area contributed by atoms with Gasteiger partial charge < -0.3 is 20.8 Å². The summed E-state index contributed by atoms with van der Waals surface area (Å²) < 4.78 is 72.9. The minimum atomic E-state index is -4.97. The zero-order chi connectivity index (χ0) is 20.6. The summed E-state index contributed by atoms with van der Waals surface area (Å²) in [4.78, 5) is 15.7. The number of carbonyl (C=O) groups excluding carboxylic acids is 1. The molecule has 1 aromatic carbocycles. The summed E-state index contributed by atoms with van der Waals surface area (Å²) in [7, 11) is 0. The molecular formula is C17H13F5N4O2. The van der Waals surface area contributed by atoms with E-state index in [1.54, 1.807) is 5.32 Å². The average molecular weight is 400 g/mol. The van der Waals surface area contributed by atoms with Crippen LogP contribution in [0.5, 0.6) is 0 Å². The zero-order valence-electron chi connectivity index (χ0n) is 14.2. The van der Waals surface area contributed by atoms with E-state index in [4.69, 9.17) is 10.2 Å². The van der Waals surface area contributed by atoms with Crippen molar-refractivity contribution in [3.63, 3.8) is 0 Å². The Morgan fingerprint density at radius 1 is 1.25 bits per heavy atom. The number of rotatable bonds is 3. The number of benzene rings is 1. The van der Waals surface area contributed by atoms with Crippen molar-refractivity contribution in [1.82, 2.24) is 10.3 Å². The van der Waals surface area contributed by atoms with Crippen LogP contribution in [0.25, 0.3) is 11.0 Å². The molecule has 0 radical (unpaired) electrons. The summed E-state index contributed by atoms with van der Waals surface area (Å²) >= 11 is 0. The van der Waals surface area contributed by atoms with E-state index in [1.807, 2.05) is 0 Å². The van der Waals surface area contributed by atoms with Gasteiger partial charge in [-0.3, -0.25) is 0 Å². The number of halogens is 5. The second-order valence-corrected chi connectivity index (χ2v) is 5.90. The number of alkyl halides is 3. The number of urea groups is 1. The molecular weight excluding hydrogens is 387 g/mol. The first-order valence-electron chi connectivity index (χ1n) is 7.80. The Morgan fingerprint density at radius 2 is 1.96 bits per heavy atom. The Balaban J connectivity index is 1.94. The number of aromatic nitrogens is 1. The lowest BCUT2D eigenvalue weighted by atomic mass is 10.1. The van der Waals surface area contributed by atoms with E-state index in [0.717, 1.165) is 12.3 Å². The van der Waals surface area contributed by atoms with Crippen LogP contribution in [0, 0.1) is 18.6 Å². The van der Waals surface area contributed by atoms with Crippen molar-refractivity contribution >= 4 is 28.5 Å². The van der Waals surface area contributed by atoms with Crippen molar-refractivity contribution in [2.24, 2.45) is 0 Å². The maximum absolute atomic E-state index is 13.9. The van der Waals surface area contributed by atoms with Crippen LogP contribution in [0.3, 0.4) is 0 Å². The Hall–Kier alpha value is -3.37. The van der Waals surface area contributed by atoms with Crippen LogP contribution in [0.1, 0.15) is 17.4 Å². The van der Waals surface area contributed by atoms with Gasteiger partial charge in [-0.15, -0.1) is 0 Å². The number of nitrogens with one attached hydrogen (secondary N) is 2. The predicted molar refractivity (Wildman–Crippen MR) is 90.5 cm³/mol. The van der Waals surface area contributed by atoms with Gasteiger partial charge in [0.1, 0.15) is 17.4 Å². The van der Waals surface area contributed by atoms with Gasteiger partial charge in [-0.1, -0.05) is 0 Å². The summed E-state index contributed by atoms with van der Waals surface area (Å²) in [6.45, 7) is 1.21. The highest BCUT2D eigenvalue weighted by atomic mass is 19.4. The number of hydrogen-bond acceptors (Lipinski definition) is 4. The van der Waals surface area contributed by atoms with Crippen molar-refractivity contribution in [3.8, 4) is 0 Å². The third kappa shape index (κ3) is 3.82. The predicted octanol–water partition coefficient (Wildman–Crippen LogP) is 4.42. The normalized spacial score (nSPS) is 12.8. The van der Waals surface area contributed by atoms with Crippen molar-refractivity contribution in [2.75, 3.05) is 11.1 Å². The van der Waals surface area contributed by atoms with Gasteiger partial charge in [-0.05, 0) is 25.1 Å². The summed E-state index contributed by atoms with van der Waals surface area (Å²) in [6.07, 6.45) is -3.81. The molecule has 4 N–H and O–H groups in total. The molecule has 0 bridgehead atoms. The number of anilines is 2. The molecule has 11 heteroatoms. The fourth-order valence-electron chi connectivity index (χ4n) is 2.61. The van der Waals surface area contributed by atoms with Crippen LogP contribution in [0.4, 0.5) is 38.3 Å². The first-order valence-corrected chi connectivity index (χ1v) is 7.80. The summed E-state index contributed by atoms with van der Waals surface area (Å²) in [5, 5.41) is 3.74. The summed E-state index contributed by atoms with van der Waals surface area (Å²) in [5.74, 6) is -2.71. The van der Waals surface area contributed by atoms with E-state index in [2.05, 4.69) is 10.3 Å². The van der Waals surface area contributed by atoms with E-state index in [9.17, 15) is 26.7 Å². The standard InChI is InChI=1S/C17H13F5N4O2/c1-7-10-4-8(18)5-11(19)14(10)28-13(7)15(17(20,21)22)26-16(27)25-9-2-3-12(23)24-6-9/h2-6,15H,1H3,(H2,23,24)(H2,25,26,27)/t15-/m1/s1. The lowest BCUT2D eigenvalue weighted by Crippen LogP contribution is -2.40. The second-order valence-electron chi connectivity index (χ2n) is 5.90. The number of fused-ring (bicyclic) bond motifs is 1. The molecule has 0 aliphatic carbocycles. The van der Waals surface area contributed by atoms with Crippen LogP contribution < -0.4 is 16.4 Å². The van der Waals surface area contributed by atoms with Gasteiger partial charge in [-0.25, -0.2) is 18.6 Å². The van der Waals surface area contributed by atoms with E-state index in [1.165, 1.54) is 19.1 Å². The van der Waals surface area contributed by atoms with E-state index >= 15 is 0 Å². The highest BCUT2D eigenvalue weighted by molar-refractivity contribution is 5.90. The molecule has 28 heavy (non-hydrogen) atoms. The number of carbonyl (C=O) groups is 1. The minimum absolute atomic E-state index is 0.0991. The summed E-state index contributed by atoms with van der Waals surface area (Å²) in [5.41, 5.74) is 4.81. The highest BCUT2D eigenvalue weighted by Crippen LogP contribution is 2.39. The molecule has 3 aromatic rings. The molecule has 2 aromatic heterocycles. The number of amides is 2. The third-order valence-electron chi connectivity index (χ3n) is 3.90. The number of pyridine rings is 1. The van der Waals surface area contributed by atoms with Crippen LogP contribution in [0.2, 0.25) is 0 Å². The largest absolute Gasteiger partial charge is 0.455 e. The van der Waals surface area contributed by atoms with E-state index in [0.29, 0.717) is 6.07 Å². The molecule has 148 valence electrons. The minimum Gasteiger partial charge on any atom is -0.455 e. The topological polar surface area (TPSA) is 93.2 Å². The molecule has 2 amide bonds. The molecule has 0 unspecified atom stereocenters. The number of hydrogen-bond donors (Lipinski definition) is 3. The molecule has 0 aliphatic rings. The molecule has 6 nitrogen and oxygen atoms in total. The van der Waals surface area contributed by atoms with Crippen molar-refractivity contribution in [2.45, 2.75) is 19.1 Å². The Bertz CT molecular complexity index is 1030. The SMILES string of the molecule is Cc1c([C@@H](NC(=O)Nc2ccc(N)nc2)C(F)(F)F)oc2c(F)cc(F)cc12. The maximum atomic E-state index is 13.9. The highest BCUT2D eigenvalue weighted by Gasteiger charge is 2.45. The third-order valence-corrected chi connectivity index (χ3v) is 3.90. The fourth-order valence-corrected chi connectivity index (χ4v) is 2.61. The van der Waals surface area contributed by atoms with Gasteiger partial charge >= 0.3 is 12.2 Å². The quantitative estimate of drug-likeness (QED) is 0.568. The average Bonchev–Trinajstić information content (AvgIpc) is 2.91. The van der Waals surface area contributed by atoms with Gasteiger partial charge in [0, 0.05) is 17.0 Å². The van der Waals surface area contributed by atoms with Gasteiger partial charge in [-0.2, -0.15) is 13.2 Å². The molecule has 3 rings (SSSR count). The molecule has 0 saturated heterocycles. The number of aryl methyl sites for hydroxylation is 1. The second kappa shape index (κ2) is 6.98. The van der Waals surface area contributed by atoms with Gasteiger partial charge in [0.05, 0.1) is 11.9 Å². The van der Waals surface area contributed by atoms with Crippen LogP contribution >= 0.6 is 0 Å². The molecule has 0 saturated carbocycles. The first kappa shape index (κ1) is 19.4. The Morgan fingerprint density at radius 3 is 2.57 bits per heavy atom. The molecule has 0 aliphatic heterocycles. The number of furan rings is 1. The molecule has 2 heterocycles. The molecule has 0 spiro atoms. The molecule has 0 fully saturated rings. The van der Waals surface area contributed by atoms with Crippen molar-refractivity contribution in [3.05, 3.63) is 53.4 Å². The van der Waals surface area contributed by atoms with Crippen LogP contribution in [-0.4, -0.2) is 17.2 Å². The zero-order valence-corrected chi connectivity index (χ0v) is 14.2. The Labute approximate surface area is 154 Å². The van der Waals surface area contributed by atoms with Crippen molar-refractivity contribution in [1.29, 1.82) is 0 Å². The van der Waals surface area contributed by atoms with Gasteiger partial charge in [0.2, 0.25) is 0 Å². The Kier molecular flexibility index (Phi) is 4.84. The van der Waals surface area contributed by atoms with E-state index < -0.39 is 41.2 Å². The van der Waals surface area contributed by atoms with Crippen molar-refractivity contribution < 1.29 is 31.2 Å². The van der Waals surface area contributed by atoms with Crippen LogP contribution in [0.15, 0.2) is 34.9 Å². The van der Waals surface area contributed by atoms with Gasteiger partial charge in [0.25, 0.3) is 0 Å². The first-order chi connectivity index (χ1) is 13.1. The number of nitrogens with zero attached hydrogens (tertiary/aromatic N) is 1. The van der Waals surface area contributed by atoms with E-state index in [-0.39, 0.29) is 22.5 Å². The lowest BCUT2D eigenvalue weighted by Gasteiger charge is -2.20. The molecule has 1 atom stereocenters. The monoisotopic (exact) mass is 400 g/mol.